The Labute approximate surface area is 196 Å². The summed E-state index contributed by atoms with van der Waals surface area (Å²) < 4.78 is 12.5. The molecule has 1 saturated heterocycles. The van der Waals surface area contributed by atoms with Crippen molar-refractivity contribution in [3.05, 3.63) is 65.0 Å². The molecule has 0 bridgehead atoms. The molecule has 1 aromatic carbocycles. The molecule has 2 atom stereocenters. The van der Waals surface area contributed by atoms with Crippen molar-refractivity contribution >= 4 is 11.5 Å². The van der Waals surface area contributed by atoms with Gasteiger partial charge in [0, 0.05) is 50.5 Å². The van der Waals surface area contributed by atoms with Gasteiger partial charge in [0.1, 0.15) is 17.5 Å². The van der Waals surface area contributed by atoms with Gasteiger partial charge in [-0.2, -0.15) is 0 Å². The van der Waals surface area contributed by atoms with E-state index in [0.29, 0.717) is 24.7 Å². The molecule has 1 aliphatic carbocycles. The second-order valence-corrected chi connectivity index (χ2v) is 9.23. The maximum Gasteiger partial charge on any atom is 0.272 e. The van der Waals surface area contributed by atoms with E-state index in [2.05, 4.69) is 34.6 Å². The van der Waals surface area contributed by atoms with Crippen molar-refractivity contribution in [2.75, 3.05) is 33.3 Å². The molecule has 174 valence electrons. The van der Waals surface area contributed by atoms with Crippen LogP contribution < -0.4 is 10.1 Å². The Bertz CT molecular complexity index is 1060. The van der Waals surface area contributed by atoms with Gasteiger partial charge in [-0.25, -0.2) is 0 Å². The van der Waals surface area contributed by atoms with Crippen LogP contribution in [0.3, 0.4) is 0 Å². The lowest BCUT2D eigenvalue weighted by Crippen LogP contribution is -2.58. The minimum absolute atomic E-state index is 0.0294. The van der Waals surface area contributed by atoms with Crippen LogP contribution >= 0.6 is 0 Å². The Balaban J connectivity index is 1.57. The van der Waals surface area contributed by atoms with E-state index in [1.54, 1.807) is 12.0 Å². The second-order valence-electron chi connectivity index (χ2n) is 9.23. The molecule has 1 spiro atoms. The minimum atomic E-state index is -0.529. The Morgan fingerprint density at radius 3 is 2.73 bits per heavy atom. The van der Waals surface area contributed by atoms with Gasteiger partial charge in [-0.15, -0.1) is 0 Å². The van der Waals surface area contributed by atoms with Crippen LogP contribution in [0.1, 0.15) is 66.2 Å². The molecule has 3 heterocycles. The van der Waals surface area contributed by atoms with Crippen LogP contribution in [0.5, 0.6) is 5.75 Å². The summed E-state index contributed by atoms with van der Waals surface area (Å²) in [5.41, 5.74) is 4.53. The number of fused-ring (bicyclic) bond motifs is 1. The molecule has 1 aromatic heterocycles. The summed E-state index contributed by atoms with van der Waals surface area (Å²) >= 11 is 0. The highest BCUT2D eigenvalue weighted by Gasteiger charge is 2.45. The number of carbonyl (C=O) groups excluding carboxylic acids is 1. The number of carbonyl (C=O) groups is 1. The first kappa shape index (κ1) is 22.1. The third kappa shape index (κ3) is 4.06. The normalized spacial score (nSPS) is 24.1. The molecule has 2 aliphatic heterocycles. The van der Waals surface area contributed by atoms with E-state index in [1.165, 1.54) is 18.4 Å². The Morgan fingerprint density at radius 2 is 2.06 bits per heavy atom. The standard InChI is InChI=1S/C27H33N3O3/c1-4-30(5-2)26(31)23-10-8-20(16-29-23)22-15-27(12-13-28-17-25(27)32-3)33-24-11-9-19(14-21(22)24)18-6-7-18/h8-11,14-16,18,25,28H,4-7,12-13,17H2,1-3H3. The molecule has 2 fully saturated rings. The van der Waals surface area contributed by atoms with Crippen LogP contribution in [-0.4, -0.2) is 60.8 Å². The smallest absolute Gasteiger partial charge is 0.272 e. The van der Waals surface area contributed by atoms with Crippen LogP contribution in [-0.2, 0) is 4.74 Å². The fourth-order valence-corrected chi connectivity index (χ4v) is 5.08. The fraction of sp³-hybridized carbons (Fsp3) is 0.481. The number of pyridine rings is 1. The average Bonchev–Trinajstić information content (AvgIpc) is 3.70. The van der Waals surface area contributed by atoms with Gasteiger partial charge in [0.15, 0.2) is 5.60 Å². The van der Waals surface area contributed by atoms with Crippen LogP contribution in [0, 0.1) is 0 Å². The summed E-state index contributed by atoms with van der Waals surface area (Å²) in [6.45, 7) is 6.93. The summed E-state index contributed by atoms with van der Waals surface area (Å²) in [5, 5.41) is 3.42. The highest BCUT2D eigenvalue weighted by Crippen LogP contribution is 2.47. The van der Waals surface area contributed by atoms with Crippen molar-refractivity contribution in [1.29, 1.82) is 0 Å². The Hall–Kier alpha value is -2.70. The Kier molecular flexibility index (Phi) is 5.97. The molecule has 1 N–H and O–H groups in total. The third-order valence-electron chi connectivity index (χ3n) is 7.23. The number of nitrogens with zero attached hydrogens (tertiary/aromatic N) is 2. The summed E-state index contributed by atoms with van der Waals surface area (Å²) in [4.78, 5) is 19.1. The maximum atomic E-state index is 12.7. The molecule has 6 nitrogen and oxygen atoms in total. The van der Waals surface area contributed by atoms with Gasteiger partial charge in [0.25, 0.3) is 5.91 Å². The van der Waals surface area contributed by atoms with E-state index in [1.807, 2.05) is 32.2 Å². The van der Waals surface area contributed by atoms with Gasteiger partial charge in [-0.1, -0.05) is 12.1 Å². The number of rotatable bonds is 6. The van der Waals surface area contributed by atoms with E-state index in [4.69, 9.17) is 9.47 Å². The largest absolute Gasteiger partial charge is 0.480 e. The van der Waals surface area contributed by atoms with Gasteiger partial charge >= 0.3 is 0 Å². The molecule has 6 heteroatoms. The van der Waals surface area contributed by atoms with Crippen LogP contribution in [0.15, 0.2) is 42.6 Å². The number of aromatic nitrogens is 1. The first-order chi connectivity index (χ1) is 16.1. The molecule has 33 heavy (non-hydrogen) atoms. The van der Waals surface area contributed by atoms with Crippen molar-refractivity contribution in [1.82, 2.24) is 15.2 Å². The number of hydrogen-bond donors (Lipinski definition) is 1. The predicted octanol–water partition coefficient (Wildman–Crippen LogP) is 4.01. The van der Waals surface area contributed by atoms with Crippen molar-refractivity contribution in [2.24, 2.45) is 0 Å². The number of amides is 1. The van der Waals surface area contributed by atoms with Gasteiger partial charge < -0.3 is 19.7 Å². The number of nitrogens with one attached hydrogen (secondary N) is 1. The number of ether oxygens (including phenoxy) is 2. The summed E-state index contributed by atoms with van der Waals surface area (Å²) in [7, 11) is 1.75. The lowest BCUT2D eigenvalue weighted by Gasteiger charge is -2.44. The highest BCUT2D eigenvalue weighted by molar-refractivity contribution is 5.93. The summed E-state index contributed by atoms with van der Waals surface area (Å²) in [6.07, 6.45) is 7.31. The zero-order valence-electron chi connectivity index (χ0n) is 19.8. The van der Waals surface area contributed by atoms with Gasteiger partial charge in [0.05, 0.1) is 0 Å². The summed E-state index contributed by atoms with van der Waals surface area (Å²) in [6, 6.07) is 10.5. The number of benzene rings is 1. The zero-order valence-corrected chi connectivity index (χ0v) is 19.8. The van der Waals surface area contributed by atoms with Gasteiger partial charge in [0.2, 0.25) is 0 Å². The first-order valence-corrected chi connectivity index (χ1v) is 12.1. The van der Waals surface area contributed by atoms with Crippen molar-refractivity contribution in [3.8, 4) is 5.75 Å². The van der Waals surface area contributed by atoms with E-state index in [0.717, 1.165) is 42.0 Å². The molecule has 0 radical (unpaired) electrons. The van der Waals surface area contributed by atoms with E-state index < -0.39 is 5.60 Å². The van der Waals surface area contributed by atoms with Crippen LogP contribution in [0.4, 0.5) is 0 Å². The lowest BCUT2D eigenvalue weighted by molar-refractivity contribution is -0.0630. The molecule has 2 aromatic rings. The quantitative estimate of drug-likeness (QED) is 0.725. The topological polar surface area (TPSA) is 63.7 Å². The maximum absolute atomic E-state index is 12.7. The van der Waals surface area contributed by atoms with Crippen molar-refractivity contribution < 1.29 is 14.3 Å². The Morgan fingerprint density at radius 1 is 1.24 bits per heavy atom. The summed E-state index contributed by atoms with van der Waals surface area (Å²) in [5.74, 6) is 1.52. The predicted molar refractivity (Wildman–Crippen MR) is 129 cm³/mol. The molecule has 1 amide bonds. The molecular weight excluding hydrogens is 414 g/mol. The molecular formula is C27H33N3O3. The minimum Gasteiger partial charge on any atom is -0.480 e. The molecule has 1 saturated carbocycles. The third-order valence-corrected chi connectivity index (χ3v) is 7.23. The molecule has 5 rings (SSSR count). The van der Waals surface area contributed by atoms with Gasteiger partial charge in [-0.3, -0.25) is 9.78 Å². The van der Waals surface area contributed by atoms with Crippen molar-refractivity contribution in [3.63, 3.8) is 0 Å². The SMILES string of the molecule is CCN(CC)C(=O)c1ccc(C2=CC3(CCNCC3OC)Oc3ccc(C4CC4)cc32)cn1. The molecule has 3 aliphatic rings. The first-order valence-electron chi connectivity index (χ1n) is 12.1. The van der Waals surface area contributed by atoms with E-state index in [9.17, 15) is 4.79 Å². The number of methoxy groups -OCH3 is 1. The van der Waals surface area contributed by atoms with E-state index in [-0.39, 0.29) is 12.0 Å². The van der Waals surface area contributed by atoms with Crippen LogP contribution in [0.2, 0.25) is 0 Å². The zero-order chi connectivity index (χ0) is 23.0. The monoisotopic (exact) mass is 447 g/mol. The van der Waals surface area contributed by atoms with E-state index >= 15 is 0 Å². The molecule has 2 unspecified atom stereocenters. The second kappa shape index (κ2) is 8.92. The highest BCUT2D eigenvalue weighted by atomic mass is 16.5. The lowest BCUT2D eigenvalue weighted by atomic mass is 9.81. The van der Waals surface area contributed by atoms with Crippen LogP contribution in [0.25, 0.3) is 5.57 Å². The number of piperidine rings is 1. The number of hydrogen-bond acceptors (Lipinski definition) is 5. The average molecular weight is 448 g/mol. The fourth-order valence-electron chi connectivity index (χ4n) is 5.08. The van der Waals surface area contributed by atoms with Gasteiger partial charge in [-0.05, 0) is 74.6 Å². The van der Waals surface area contributed by atoms with Crippen molar-refractivity contribution in [2.45, 2.75) is 50.7 Å².